The van der Waals surface area contributed by atoms with Gasteiger partial charge in [-0.3, -0.25) is 4.79 Å². The highest BCUT2D eigenvalue weighted by Crippen LogP contribution is 2.20. The van der Waals surface area contributed by atoms with Gasteiger partial charge in [0.25, 0.3) is 11.7 Å². The predicted molar refractivity (Wildman–Crippen MR) is 64.5 cm³/mol. The van der Waals surface area contributed by atoms with E-state index in [1.54, 1.807) is 6.92 Å². The van der Waals surface area contributed by atoms with Crippen molar-refractivity contribution in [1.29, 1.82) is 0 Å². The van der Waals surface area contributed by atoms with Crippen LogP contribution in [0.25, 0.3) is 0 Å². The minimum atomic E-state index is -0.430. The van der Waals surface area contributed by atoms with E-state index < -0.39 is 5.91 Å². The smallest absolute Gasteiger partial charge is 0.293 e. The average Bonchev–Trinajstić information content (AvgIpc) is 3.16. The molecule has 1 aliphatic rings. The van der Waals surface area contributed by atoms with E-state index in [9.17, 15) is 4.79 Å². The van der Waals surface area contributed by atoms with Crippen molar-refractivity contribution in [3.8, 4) is 0 Å². The zero-order chi connectivity index (χ0) is 13.9. The third-order valence-electron chi connectivity index (χ3n) is 2.98. The van der Waals surface area contributed by atoms with Crippen LogP contribution in [0, 0.1) is 6.92 Å². The van der Waals surface area contributed by atoms with Crippen molar-refractivity contribution in [3.63, 3.8) is 0 Å². The molecule has 3 rings (SSSR count). The Morgan fingerprint density at radius 3 is 3.00 bits per heavy atom. The first kappa shape index (κ1) is 12.7. The normalized spacial score (nSPS) is 18.4. The van der Waals surface area contributed by atoms with Gasteiger partial charge in [-0.05, 0) is 19.4 Å². The molecule has 0 aromatic carbocycles. The van der Waals surface area contributed by atoms with Crippen molar-refractivity contribution in [1.82, 2.24) is 30.9 Å². The molecule has 1 aliphatic heterocycles. The van der Waals surface area contributed by atoms with Gasteiger partial charge < -0.3 is 19.7 Å². The molecule has 0 spiro atoms. The molecule has 0 aliphatic carbocycles. The number of rotatable bonds is 4. The molecule has 9 nitrogen and oxygen atoms in total. The summed E-state index contributed by atoms with van der Waals surface area (Å²) in [5, 5.41) is 13.2. The summed E-state index contributed by atoms with van der Waals surface area (Å²) >= 11 is 0. The molecule has 20 heavy (non-hydrogen) atoms. The van der Waals surface area contributed by atoms with Gasteiger partial charge in [0.05, 0.1) is 12.6 Å². The highest BCUT2D eigenvalue weighted by atomic mass is 16.5. The number of nitrogens with zero attached hydrogens (tertiary/aromatic N) is 4. The number of carbonyl (C=O) groups excluding carboxylic acids is 1. The lowest BCUT2D eigenvalue weighted by molar-refractivity contribution is 0.0936. The van der Waals surface area contributed by atoms with Gasteiger partial charge in [0.2, 0.25) is 11.8 Å². The molecular formula is C11H14N6O3. The van der Waals surface area contributed by atoms with E-state index in [4.69, 9.17) is 9.05 Å². The number of aromatic nitrogens is 4. The third kappa shape index (κ3) is 2.67. The summed E-state index contributed by atoms with van der Waals surface area (Å²) in [6, 6.07) is 0.0453. The SMILES string of the molecule is Cc1nc(CNC(=O)c2noc(C3CCCN3)n2)no1. The van der Waals surface area contributed by atoms with Gasteiger partial charge in [-0.1, -0.05) is 10.3 Å². The van der Waals surface area contributed by atoms with Gasteiger partial charge in [0, 0.05) is 6.92 Å². The second-order valence-corrected chi connectivity index (χ2v) is 4.52. The van der Waals surface area contributed by atoms with Crippen molar-refractivity contribution in [2.45, 2.75) is 32.4 Å². The summed E-state index contributed by atoms with van der Waals surface area (Å²) in [5.41, 5.74) is 0. The molecule has 1 fully saturated rings. The average molecular weight is 278 g/mol. The second kappa shape index (κ2) is 5.37. The maximum absolute atomic E-state index is 11.9. The van der Waals surface area contributed by atoms with Gasteiger partial charge >= 0.3 is 0 Å². The summed E-state index contributed by atoms with van der Waals surface area (Å²) < 4.78 is 9.90. The lowest BCUT2D eigenvalue weighted by Crippen LogP contribution is -2.24. The fourth-order valence-corrected chi connectivity index (χ4v) is 2.02. The van der Waals surface area contributed by atoms with Crippen LogP contribution in [0.5, 0.6) is 0 Å². The molecule has 106 valence electrons. The zero-order valence-corrected chi connectivity index (χ0v) is 10.9. The number of nitrogens with one attached hydrogen (secondary N) is 2. The van der Waals surface area contributed by atoms with E-state index in [0.717, 1.165) is 19.4 Å². The van der Waals surface area contributed by atoms with Gasteiger partial charge in [0.15, 0.2) is 5.82 Å². The molecule has 1 amide bonds. The lowest BCUT2D eigenvalue weighted by atomic mass is 10.2. The van der Waals surface area contributed by atoms with E-state index in [1.165, 1.54) is 0 Å². The first-order chi connectivity index (χ1) is 9.72. The van der Waals surface area contributed by atoms with Crippen LogP contribution in [0.4, 0.5) is 0 Å². The van der Waals surface area contributed by atoms with Crippen LogP contribution >= 0.6 is 0 Å². The highest BCUT2D eigenvalue weighted by molar-refractivity contribution is 5.90. The van der Waals surface area contributed by atoms with Crippen LogP contribution in [0.2, 0.25) is 0 Å². The fourth-order valence-electron chi connectivity index (χ4n) is 2.02. The number of hydrogen-bond acceptors (Lipinski definition) is 8. The summed E-state index contributed by atoms with van der Waals surface area (Å²) in [7, 11) is 0. The quantitative estimate of drug-likeness (QED) is 0.809. The highest BCUT2D eigenvalue weighted by Gasteiger charge is 2.24. The zero-order valence-electron chi connectivity index (χ0n) is 10.9. The first-order valence-electron chi connectivity index (χ1n) is 6.37. The van der Waals surface area contributed by atoms with E-state index in [2.05, 4.69) is 30.9 Å². The maximum atomic E-state index is 11.9. The molecule has 0 bridgehead atoms. The van der Waals surface area contributed by atoms with Crippen molar-refractivity contribution < 1.29 is 13.8 Å². The molecular weight excluding hydrogens is 264 g/mol. The van der Waals surface area contributed by atoms with Crippen molar-refractivity contribution >= 4 is 5.91 Å². The van der Waals surface area contributed by atoms with E-state index in [-0.39, 0.29) is 18.4 Å². The second-order valence-electron chi connectivity index (χ2n) is 4.52. The number of hydrogen-bond donors (Lipinski definition) is 2. The molecule has 1 saturated heterocycles. The first-order valence-corrected chi connectivity index (χ1v) is 6.37. The molecule has 1 unspecified atom stereocenters. The van der Waals surface area contributed by atoms with Crippen molar-refractivity contribution in [2.75, 3.05) is 6.54 Å². The standard InChI is InChI=1S/C11H14N6O3/c1-6-14-8(16-19-6)5-13-10(18)9-15-11(20-17-9)7-3-2-4-12-7/h7,12H,2-5H2,1H3,(H,13,18). The van der Waals surface area contributed by atoms with Crippen LogP contribution in [-0.2, 0) is 6.54 Å². The topological polar surface area (TPSA) is 119 Å². The Bertz CT molecular complexity index is 601. The Balaban J connectivity index is 1.59. The minimum absolute atomic E-state index is 0.00826. The van der Waals surface area contributed by atoms with E-state index in [1.807, 2.05) is 0 Å². The molecule has 2 N–H and O–H groups in total. The number of carbonyl (C=O) groups is 1. The largest absolute Gasteiger partial charge is 0.342 e. The molecule has 1 atom stereocenters. The van der Waals surface area contributed by atoms with E-state index in [0.29, 0.717) is 17.6 Å². The van der Waals surface area contributed by atoms with Crippen LogP contribution in [0.15, 0.2) is 9.05 Å². The van der Waals surface area contributed by atoms with Gasteiger partial charge in [-0.25, -0.2) is 0 Å². The van der Waals surface area contributed by atoms with Crippen LogP contribution < -0.4 is 10.6 Å². The predicted octanol–water partition coefficient (Wildman–Crippen LogP) is 0.116. The maximum Gasteiger partial charge on any atom is 0.293 e. The summed E-state index contributed by atoms with van der Waals surface area (Å²) in [6.07, 6.45) is 2.00. The molecule has 0 saturated carbocycles. The number of amides is 1. The Morgan fingerprint density at radius 2 is 2.30 bits per heavy atom. The Kier molecular flexibility index (Phi) is 3.42. The van der Waals surface area contributed by atoms with Crippen molar-refractivity contribution in [2.24, 2.45) is 0 Å². The minimum Gasteiger partial charge on any atom is -0.342 e. The van der Waals surface area contributed by atoms with Crippen LogP contribution in [0.1, 0.15) is 47.1 Å². The van der Waals surface area contributed by atoms with Gasteiger partial charge in [-0.15, -0.1) is 0 Å². The molecule has 2 aromatic heterocycles. The third-order valence-corrected chi connectivity index (χ3v) is 2.98. The van der Waals surface area contributed by atoms with Crippen LogP contribution in [-0.4, -0.2) is 32.7 Å². The Labute approximate surface area is 114 Å². The Morgan fingerprint density at radius 1 is 1.40 bits per heavy atom. The molecule has 2 aromatic rings. The summed E-state index contributed by atoms with van der Waals surface area (Å²) in [6.45, 7) is 2.76. The fraction of sp³-hybridized carbons (Fsp3) is 0.545. The van der Waals surface area contributed by atoms with Gasteiger partial charge in [0.1, 0.15) is 0 Å². The monoisotopic (exact) mass is 278 g/mol. The molecule has 0 radical (unpaired) electrons. The van der Waals surface area contributed by atoms with E-state index >= 15 is 0 Å². The lowest BCUT2D eigenvalue weighted by Gasteiger charge is -2.01. The summed E-state index contributed by atoms with van der Waals surface area (Å²) in [4.78, 5) is 19.9. The van der Waals surface area contributed by atoms with Gasteiger partial charge in [-0.2, -0.15) is 9.97 Å². The number of aryl methyl sites for hydroxylation is 1. The summed E-state index contributed by atoms with van der Waals surface area (Å²) in [5.74, 6) is 0.873. The molecule has 9 heteroatoms. The Hall–Kier alpha value is -2.29. The van der Waals surface area contributed by atoms with Crippen LogP contribution in [0.3, 0.4) is 0 Å². The van der Waals surface area contributed by atoms with Crippen molar-refractivity contribution in [3.05, 3.63) is 23.4 Å². The molecule has 3 heterocycles.